The second-order valence-electron chi connectivity index (χ2n) is 8.06. The topological polar surface area (TPSA) is 51.0 Å². The summed E-state index contributed by atoms with van der Waals surface area (Å²) in [7, 11) is 0. The van der Waals surface area contributed by atoms with Gasteiger partial charge in [0.05, 0.1) is 11.6 Å². The van der Waals surface area contributed by atoms with E-state index in [2.05, 4.69) is 71.7 Å². The van der Waals surface area contributed by atoms with Crippen LogP contribution in [0.3, 0.4) is 0 Å². The van der Waals surface area contributed by atoms with Crippen molar-refractivity contribution in [3.05, 3.63) is 85.2 Å². The standard InChI is InChI=1S/C26H24N4O/c1-3-25(31)29-14-12-22(17-29)30-24-11-13-27-16-23(24)26(28-30)20-9-7-19(8-10-20)21-6-4-5-18(2)15-21/h3-11,13,15-16,22H,1,12,14,17H2,2H3. The summed E-state index contributed by atoms with van der Waals surface area (Å²) >= 11 is 0. The molecule has 2 aromatic carbocycles. The Kier molecular flexibility index (Phi) is 4.86. The van der Waals surface area contributed by atoms with Gasteiger partial charge in [0.25, 0.3) is 0 Å². The molecule has 154 valence electrons. The average Bonchev–Trinajstić information content (AvgIpc) is 3.44. The average molecular weight is 409 g/mol. The predicted octanol–water partition coefficient (Wildman–Crippen LogP) is 5.03. The number of carbonyl (C=O) groups is 1. The van der Waals surface area contributed by atoms with Crippen LogP contribution in [0.5, 0.6) is 0 Å². The third-order valence-corrected chi connectivity index (χ3v) is 6.01. The molecule has 0 N–H and O–H groups in total. The molecule has 1 unspecified atom stereocenters. The van der Waals surface area contributed by atoms with Crippen molar-refractivity contribution in [1.82, 2.24) is 19.7 Å². The normalized spacial score (nSPS) is 16.0. The van der Waals surface area contributed by atoms with Crippen LogP contribution in [0, 0.1) is 6.92 Å². The summed E-state index contributed by atoms with van der Waals surface area (Å²) in [6.07, 6.45) is 5.94. The van der Waals surface area contributed by atoms with Crippen LogP contribution in [0.25, 0.3) is 33.3 Å². The molecule has 1 amide bonds. The molecule has 4 aromatic rings. The van der Waals surface area contributed by atoms with Crippen molar-refractivity contribution in [2.24, 2.45) is 0 Å². The van der Waals surface area contributed by atoms with Gasteiger partial charge in [-0.1, -0.05) is 60.7 Å². The number of likely N-dealkylation sites (tertiary alicyclic amines) is 1. The fraction of sp³-hybridized carbons (Fsp3) is 0.192. The molecule has 1 aliphatic rings. The Bertz CT molecular complexity index is 1270. The van der Waals surface area contributed by atoms with Crippen molar-refractivity contribution < 1.29 is 4.79 Å². The highest BCUT2D eigenvalue weighted by Gasteiger charge is 2.28. The first-order chi connectivity index (χ1) is 15.1. The first kappa shape index (κ1) is 19.2. The fourth-order valence-electron chi connectivity index (χ4n) is 4.39. The van der Waals surface area contributed by atoms with Gasteiger partial charge in [-0.05, 0) is 36.6 Å². The summed E-state index contributed by atoms with van der Waals surface area (Å²) < 4.78 is 2.07. The van der Waals surface area contributed by atoms with Crippen molar-refractivity contribution in [1.29, 1.82) is 0 Å². The van der Waals surface area contributed by atoms with Gasteiger partial charge in [0.15, 0.2) is 0 Å². The van der Waals surface area contributed by atoms with Crippen LogP contribution < -0.4 is 0 Å². The minimum absolute atomic E-state index is 0.0208. The van der Waals surface area contributed by atoms with Crippen molar-refractivity contribution in [3.63, 3.8) is 0 Å². The minimum atomic E-state index is -0.0208. The van der Waals surface area contributed by atoms with Crippen LogP contribution >= 0.6 is 0 Å². The summed E-state index contributed by atoms with van der Waals surface area (Å²) in [5, 5.41) is 6.02. The van der Waals surface area contributed by atoms with Gasteiger partial charge in [-0.3, -0.25) is 14.5 Å². The van der Waals surface area contributed by atoms with Crippen LogP contribution in [0.1, 0.15) is 18.0 Å². The van der Waals surface area contributed by atoms with E-state index < -0.39 is 0 Å². The Balaban J connectivity index is 1.51. The maximum atomic E-state index is 12.0. The molecule has 2 aromatic heterocycles. The van der Waals surface area contributed by atoms with Crippen LogP contribution in [0.15, 0.2) is 79.6 Å². The molecule has 0 aliphatic carbocycles. The summed E-state index contributed by atoms with van der Waals surface area (Å²) in [6, 6.07) is 19.2. The SMILES string of the molecule is C=CC(=O)N1CCC(n2nc(-c3ccc(-c4cccc(C)c4)cc3)c3cnccc32)C1. The predicted molar refractivity (Wildman–Crippen MR) is 124 cm³/mol. The molecule has 0 radical (unpaired) electrons. The van der Waals surface area contributed by atoms with Crippen molar-refractivity contribution in [2.75, 3.05) is 13.1 Å². The van der Waals surface area contributed by atoms with Gasteiger partial charge in [-0.15, -0.1) is 0 Å². The van der Waals surface area contributed by atoms with Gasteiger partial charge in [0, 0.05) is 36.4 Å². The first-order valence-corrected chi connectivity index (χ1v) is 10.5. The van der Waals surface area contributed by atoms with E-state index in [1.165, 1.54) is 22.8 Å². The molecular formula is C26H24N4O. The lowest BCUT2D eigenvalue weighted by Crippen LogP contribution is -2.27. The highest BCUT2D eigenvalue weighted by molar-refractivity contribution is 5.93. The van der Waals surface area contributed by atoms with E-state index in [9.17, 15) is 4.79 Å². The van der Waals surface area contributed by atoms with E-state index in [0.29, 0.717) is 6.54 Å². The van der Waals surface area contributed by atoms with Crippen LogP contribution in [0.4, 0.5) is 0 Å². The molecule has 5 nitrogen and oxygen atoms in total. The molecule has 5 rings (SSSR count). The summed E-state index contributed by atoms with van der Waals surface area (Å²) in [6.45, 7) is 7.09. The Morgan fingerprint density at radius 1 is 1.10 bits per heavy atom. The van der Waals surface area contributed by atoms with Crippen LogP contribution in [-0.2, 0) is 4.79 Å². The van der Waals surface area contributed by atoms with Gasteiger partial charge >= 0.3 is 0 Å². The third kappa shape index (κ3) is 3.52. The van der Waals surface area contributed by atoms with E-state index in [4.69, 9.17) is 5.10 Å². The second-order valence-corrected chi connectivity index (χ2v) is 8.06. The molecule has 31 heavy (non-hydrogen) atoms. The van der Waals surface area contributed by atoms with E-state index in [1.54, 1.807) is 6.20 Å². The number of carbonyl (C=O) groups excluding carboxylic acids is 1. The largest absolute Gasteiger partial charge is 0.337 e. The van der Waals surface area contributed by atoms with Crippen molar-refractivity contribution in [2.45, 2.75) is 19.4 Å². The Morgan fingerprint density at radius 2 is 1.90 bits per heavy atom. The van der Waals surface area contributed by atoms with E-state index in [0.717, 1.165) is 35.1 Å². The number of aryl methyl sites for hydroxylation is 1. The zero-order chi connectivity index (χ0) is 21.4. The number of hydrogen-bond donors (Lipinski definition) is 0. The number of nitrogens with zero attached hydrogens (tertiary/aromatic N) is 4. The molecule has 1 atom stereocenters. The molecule has 1 aliphatic heterocycles. The number of fused-ring (bicyclic) bond motifs is 1. The fourth-order valence-corrected chi connectivity index (χ4v) is 4.39. The quantitative estimate of drug-likeness (QED) is 0.445. The third-order valence-electron chi connectivity index (χ3n) is 6.01. The number of hydrogen-bond acceptors (Lipinski definition) is 3. The first-order valence-electron chi connectivity index (χ1n) is 10.5. The zero-order valence-electron chi connectivity index (χ0n) is 17.5. The van der Waals surface area contributed by atoms with Crippen LogP contribution in [-0.4, -0.2) is 38.7 Å². The van der Waals surface area contributed by atoms with Gasteiger partial charge in [0.1, 0.15) is 5.69 Å². The van der Waals surface area contributed by atoms with Gasteiger partial charge < -0.3 is 4.90 Å². The monoisotopic (exact) mass is 408 g/mol. The lowest BCUT2D eigenvalue weighted by molar-refractivity contribution is -0.125. The number of pyridine rings is 1. The van der Waals surface area contributed by atoms with E-state index in [-0.39, 0.29) is 11.9 Å². The molecule has 1 saturated heterocycles. The second kappa shape index (κ2) is 7.84. The highest BCUT2D eigenvalue weighted by Crippen LogP contribution is 2.33. The van der Waals surface area contributed by atoms with Gasteiger partial charge in [-0.2, -0.15) is 5.10 Å². The number of benzene rings is 2. The number of amides is 1. The molecule has 0 spiro atoms. The Hall–Kier alpha value is -3.73. The van der Waals surface area contributed by atoms with Gasteiger partial charge in [0.2, 0.25) is 5.91 Å². The molecule has 3 heterocycles. The Morgan fingerprint density at radius 3 is 2.68 bits per heavy atom. The summed E-state index contributed by atoms with van der Waals surface area (Å²) in [4.78, 5) is 18.2. The van der Waals surface area contributed by atoms with Crippen LogP contribution in [0.2, 0.25) is 0 Å². The molecular weight excluding hydrogens is 384 g/mol. The van der Waals surface area contributed by atoms with E-state index >= 15 is 0 Å². The molecule has 5 heteroatoms. The summed E-state index contributed by atoms with van der Waals surface area (Å²) in [5.74, 6) is -0.0208. The number of rotatable bonds is 4. The molecule has 1 fully saturated rings. The smallest absolute Gasteiger partial charge is 0.246 e. The maximum absolute atomic E-state index is 12.0. The van der Waals surface area contributed by atoms with E-state index in [1.807, 2.05) is 17.2 Å². The van der Waals surface area contributed by atoms with Crippen molar-refractivity contribution in [3.8, 4) is 22.4 Å². The van der Waals surface area contributed by atoms with Gasteiger partial charge in [-0.25, -0.2) is 0 Å². The van der Waals surface area contributed by atoms with Crippen molar-refractivity contribution >= 4 is 16.8 Å². The number of aromatic nitrogens is 3. The molecule has 0 saturated carbocycles. The lowest BCUT2D eigenvalue weighted by atomic mass is 10.0. The highest BCUT2D eigenvalue weighted by atomic mass is 16.2. The Labute approximate surface area is 181 Å². The molecule has 0 bridgehead atoms. The maximum Gasteiger partial charge on any atom is 0.246 e. The zero-order valence-corrected chi connectivity index (χ0v) is 17.5. The summed E-state index contributed by atoms with van der Waals surface area (Å²) in [5.41, 5.74) is 6.67. The lowest BCUT2D eigenvalue weighted by Gasteiger charge is -2.15. The minimum Gasteiger partial charge on any atom is -0.337 e.